The van der Waals surface area contributed by atoms with Crippen molar-refractivity contribution in [1.29, 1.82) is 0 Å². The molecule has 0 saturated heterocycles. The Morgan fingerprint density at radius 3 is 1.65 bits per heavy atom. The van der Waals surface area contributed by atoms with Crippen LogP contribution in [0, 0.1) is 16.7 Å². The van der Waals surface area contributed by atoms with E-state index < -0.39 is 12.4 Å². The van der Waals surface area contributed by atoms with Crippen molar-refractivity contribution in [2.24, 2.45) is 16.7 Å². The Kier molecular flexibility index (Phi) is 25.6. The highest BCUT2D eigenvalue weighted by molar-refractivity contribution is 5.77. The van der Waals surface area contributed by atoms with E-state index in [0.29, 0.717) is 83.6 Å². The molecule has 1 atom stereocenters. The highest BCUT2D eigenvalue weighted by Gasteiger charge is 2.21. The molecule has 0 spiro atoms. The first-order valence-electron chi connectivity index (χ1n) is 18.7. The SMILES string of the molecule is CC=C(C)C(O)NCCCCNC(=O)CCCCC(=O)NCCCCNC(=O)CCC(C)(C)CCOC(=O)OCCCC(C)(C)CC(C)C. The summed E-state index contributed by atoms with van der Waals surface area (Å²) in [7, 11) is 0. The topological polar surface area (TPSA) is 155 Å². The predicted octanol–water partition coefficient (Wildman–Crippen LogP) is 6.53. The zero-order chi connectivity index (χ0) is 37.1. The number of carbonyl (C=O) groups excluding carboxylic acids is 4. The van der Waals surface area contributed by atoms with Crippen molar-refractivity contribution >= 4 is 23.9 Å². The number of carbonyl (C=O) groups is 4. The largest absolute Gasteiger partial charge is 0.508 e. The highest BCUT2D eigenvalue weighted by atomic mass is 16.7. The van der Waals surface area contributed by atoms with Crippen molar-refractivity contribution in [3.63, 3.8) is 0 Å². The van der Waals surface area contributed by atoms with Crippen LogP contribution in [-0.2, 0) is 23.9 Å². The van der Waals surface area contributed by atoms with Gasteiger partial charge in [-0.15, -0.1) is 0 Å². The molecule has 0 saturated carbocycles. The molecule has 5 N–H and O–H groups in total. The quantitative estimate of drug-likeness (QED) is 0.0256. The first-order valence-corrected chi connectivity index (χ1v) is 18.7. The molecule has 0 rings (SSSR count). The molecule has 0 aromatic carbocycles. The lowest BCUT2D eigenvalue weighted by atomic mass is 9.80. The van der Waals surface area contributed by atoms with Gasteiger partial charge in [0.25, 0.3) is 0 Å². The minimum absolute atomic E-state index is 0.00220. The molecule has 0 aliphatic heterocycles. The molecule has 0 bridgehead atoms. The molecule has 0 heterocycles. The number of aliphatic hydroxyl groups is 1. The zero-order valence-electron chi connectivity index (χ0n) is 32.3. The molecule has 0 aliphatic rings. The Morgan fingerprint density at radius 2 is 1.14 bits per heavy atom. The van der Waals surface area contributed by atoms with E-state index in [2.05, 4.69) is 62.8 Å². The summed E-state index contributed by atoms with van der Waals surface area (Å²) in [6.45, 7) is 19.8. The summed E-state index contributed by atoms with van der Waals surface area (Å²) in [6, 6.07) is 0. The van der Waals surface area contributed by atoms with Crippen LogP contribution in [0.1, 0.15) is 145 Å². The molecule has 0 aromatic rings. The van der Waals surface area contributed by atoms with E-state index in [9.17, 15) is 24.3 Å². The lowest BCUT2D eigenvalue weighted by molar-refractivity contribution is -0.123. The fraction of sp³-hybridized carbons (Fsp3) is 0.842. The van der Waals surface area contributed by atoms with Gasteiger partial charge in [0.2, 0.25) is 17.7 Å². The molecule has 49 heavy (non-hydrogen) atoms. The van der Waals surface area contributed by atoms with Crippen LogP contribution in [0.15, 0.2) is 11.6 Å². The molecule has 11 nitrogen and oxygen atoms in total. The Balaban J connectivity index is 3.76. The Morgan fingerprint density at radius 1 is 0.653 bits per heavy atom. The van der Waals surface area contributed by atoms with Gasteiger partial charge in [-0.1, -0.05) is 47.6 Å². The second kappa shape index (κ2) is 27.1. The second-order valence-corrected chi connectivity index (χ2v) is 15.3. The number of aliphatic hydroxyl groups excluding tert-OH is 1. The molecule has 0 aromatic heterocycles. The van der Waals surface area contributed by atoms with Crippen molar-refractivity contribution in [2.75, 3.05) is 39.4 Å². The lowest BCUT2D eigenvalue weighted by Gasteiger charge is -2.26. The van der Waals surface area contributed by atoms with E-state index in [-0.39, 0.29) is 35.2 Å². The third-order valence-electron chi connectivity index (χ3n) is 8.66. The van der Waals surface area contributed by atoms with Crippen molar-refractivity contribution in [3.05, 3.63) is 11.6 Å². The summed E-state index contributed by atoms with van der Waals surface area (Å²) >= 11 is 0. The van der Waals surface area contributed by atoms with Gasteiger partial charge in [0.15, 0.2) is 0 Å². The van der Waals surface area contributed by atoms with E-state index in [1.807, 2.05) is 19.9 Å². The standard InChI is InChI=1S/C38H72N4O7/c1-9-31(4)35(46)42-26-15-14-24-40-33(44)18-11-10-17-32(43)39-23-12-13-25-41-34(45)19-21-37(5,6)22-28-49-36(47)48-27-16-20-38(7,8)29-30(2)3/h9,30,35,42,46H,10-29H2,1-8H3,(H,39,43)(H,40,44)(H,41,45). The average Bonchev–Trinajstić information content (AvgIpc) is 3.02. The first kappa shape index (κ1) is 46.3. The smallest absolute Gasteiger partial charge is 0.434 e. The summed E-state index contributed by atoms with van der Waals surface area (Å²) in [4.78, 5) is 48.3. The van der Waals surface area contributed by atoms with Crippen LogP contribution in [0.25, 0.3) is 0 Å². The molecule has 0 aliphatic carbocycles. The van der Waals surface area contributed by atoms with Crippen molar-refractivity contribution < 1.29 is 33.8 Å². The Labute approximate surface area is 297 Å². The van der Waals surface area contributed by atoms with Gasteiger partial charge in [-0.25, -0.2) is 4.79 Å². The second-order valence-electron chi connectivity index (χ2n) is 15.3. The van der Waals surface area contributed by atoms with E-state index >= 15 is 0 Å². The predicted molar refractivity (Wildman–Crippen MR) is 197 cm³/mol. The molecule has 11 heteroatoms. The summed E-state index contributed by atoms with van der Waals surface area (Å²) < 4.78 is 10.5. The average molecular weight is 697 g/mol. The van der Waals surface area contributed by atoms with Gasteiger partial charge >= 0.3 is 6.16 Å². The molecular formula is C38H72N4O7. The molecule has 0 fully saturated rings. The molecule has 0 radical (unpaired) electrons. The van der Waals surface area contributed by atoms with Crippen LogP contribution in [0.2, 0.25) is 0 Å². The van der Waals surface area contributed by atoms with Crippen LogP contribution >= 0.6 is 0 Å². The summed E-state index contributed by atoms with van der Waals surface area (Å²) in [5, 5.41) is 21.6. The molecule has 3 amide bonds. The van der Waals surface area contributed by atoms with Gasteiger partial charge < -0.3 is 30.5 Å². The number of unbranched alkanes of at least 4 members (excludes halogenated alkanes) is 3. The minimum atomic E-state index is -0.628. The molecular weight excluding hydrogens is 624 g/mol. The lowest BCUT2D eigenvalue weighted by Crippen LogP contribution is -2.31. The van der Waals surface area contributed by atoms with Gasteiger partial charge in [-0.2, -0.15) is 0 Å². The van der Waals surface area contributed by atoms with Crippen LogP contribution in [0.4, 0.5) is 4.79 Å². The number of ether oxygens (including phenoxy) is 2. The number of amides is 3. The van der Waals surface area contributed by atoms with Crippen LogP contribution in [0.5, 0.6) is 0 Å². The number of allylic oxidation sites excluding steroid dienone is 1. The van der Waals surface area contributed by atoms with Gasteiger partial charge in [-0.05, 0) is 113 Å². The third-order valence-corrected chi connectivity index (χ3v) is 8.66. The maximum Gasteiger partial charge on any atom is 0.508 e. The Bertz CT molecular complexity index is 966. The van der Waals surface area contributed by atoms with Crippen molar-refractivity contribution in [2.45, 2.75) is 152 Å². The summed E-state index contributed by atoms with van der Waals surface area (Å²) in [5.74, 6) is 0.614. The van der Waals surface area contributed by atoms with E-state index in [0.717, 1.165) is 50.5 Å². The van der Waals surface area contributed by atoms with Gasteiger partial charge in [0, 0.05) is 38.9 Å². The maximum absolute atomic E-state index is 12.3. The monoisotopic (exact) mass is 697 g/mol. The molecule has 1 unspecified atom stereocenters. The normalized spacial score (nSPS) is 12.8. The van der Waals surface area contributed by atoms with Crippen LogP contribution in [0.3, 0.4) is 0 Å². The van der Waals surface area contributed by atoms with E-state index in [1.165, 1.54) is 0 Å². The number of nitrogens with one attached hydrogen (secondary N) is 4. The fourth-order valence-electron chi connectivity index (χ4n) is 5.52. The van der Waals surface area contributed by atoms with Gasteiger partial charge in [0.1, 0.15) is 6.23 Å². The van der Waals surface area contributed by atoms with Crippen LogP contribution in [-0.4, -0.2) is 74.6 Å². The highest BCUT2D eigenvalue weighted by Crippen LogP contribution is 2.30. The van der Waals surface area contributed by atoms with Crippen molar-refractivity contribution in [1.82, 2.24) is 21.3 Å². The van der Waals surface area contributed by atoms with E-state index in [4.69, 9.17) is 9.47 Å². The fourth-order valence-corrected chi connectivity index (χ4v) is 5.52. The van der Waals surface area contributed by atoms with Crippen molar-refractivity contribution in [3.8, 4) is 0 Å². The summed E-state index contributed by atoms with van der Waals surface area (Å²) in [6.07, 6.45) is 10.7. The third kappa shape index (κ3) is 28.8. The number of hydrogen-bond donors (Lipinski definition) is 5. The molecule has 286 valence electrons. The summed E-state index contributed by atoms with van der Waals surface area (Å²) in [5.41, 5.74) is 0.970. The van der Waals surface area contributed by atoms with E-state index in [1.54, 1.807) is 0 Å². The van der Waals surface area contributed by atoms with Gasteiger partial charge in [0.05, 0.1) is 13.2 Å². The minimum Gasteiger partial charge on any atom is -0.434 e. The maximum atomic E-state index is 12.3. The first-order chi connectivity index (χ1) is 23.1. The van der Waals surface area contributed by atoms with Crippen LogP contribution < -0.4 is 21.3 Å². The number of rotatable bonds is 29. The van der Waals surface area contributed by atoms with Gasteiger partial charge in [-0.3, -0.25) is 19.7 Å². The number of hydrogen-bond acceptors (Lipinski definition) is 8. The Hall–Kier alpha value is -2.66. The zero-order valence-corrected chi connectivity index (χ0v) is 32.3.